The monoisotopic (exact) mass is 449 g/mol. The molecule has 0 saturated heterocycles. The second-order valence-corrected chi connectivity index (χ2v) is 9.33. The highest BCUT2D eigenvalue weighted by atomic mass is 35.5. The highest BCUT2D eigenvalue weighted by molar-refractivity contribution is 7.99. The molecule has 7 heteroatoms. The molecule has 0 atom stereocenters. The van der Waals surface area contributed by atoms with E-state index in [1.807, 2.05) is 37.2 Å². The Morgan fingerprint density at radius 2 is 1.83 bits per heavy atom. The maximum atomic E-state index is 13.0. The number of carbonyl (C=O) groups is 1. The molecule has 0 aliphatic carbocycles. The van der Waals surface area contributed by atoms with Crippen LogP contribution in [0.1, 0.15) is 17.5 Å². The van der Waals surface area contributed by atoms with E-state index >= 15 is 0 Å². The molecule has 0 radical (unpaired) electrons. The van der Waals surface area contributed by atoms with Crippen molar-refractivity contribution in [1.29, 1.82) is 0 Å². The first kappa shape index (κ1) is 23.7. The van der Waals surface area contributed by atoms with E-state index in [0.717, 1.165) is 22.9 Å². The van der Waals surface area contributed by atoms with Crippen LogP contribution in [0.3, 0.4) is 0 Å². The van der Waals surface area contributed by atoms with Crippen LogP contribution in [-0.2, 0) is 4.79 Å². The molecule has 3 rings (SSSR count). The number of nitrogens with zero attached hydrogens (tertiary/aromatic N) is 3. The predicted octanol–water partition coefficient (Wildman–Crippen LogP) is 5.41. The molecule has 0 saturated carbocycles. The van der Waals surface area contributed by atoms with Crippen molar-refractivity contribution in [1.82, 2.24) is 9.88 Å². The Morgan fingerprint density at radius 3 is 2.52 bits per heavy atom. The number of rotatable bonds is 8. The summed E-state index contributed by atoms with van der Waals surface area (Å²) < 4.78 is 1.17. The van der Waals surface area contributed by atoms with E-state index in [1.165, 1.54) is 20.7 Å². The number of halogens is 1. The molecule has 0 aliphatic heterocycles. The van der Waals surface area contributed by atoms with Crippen molar-refractivity contribution in [3.63, 3.8) is 0 Å². The summed E-state index contributed by atoms with van der Waals surface area (Å²) in [5, 5.41) is 0.806. The van der Waals surface area contributed by atoms with Crippen molar-refractivity contribution in [2.24, 2.45) is 0 Å². The van der Waals surface area contributed by atoms with Crippen molar-refractivity contribution < 1.29 is 4.79 Å². The Kier molecular flexibility index (Phi) is 8.96. The van der Waals surface area contributed by atoms with Gasteiger partial charge in [0.25, 0.3) is 0 Å². The van der Waals surface area contributed by atoms with Gasteiger partial charge in [-0.15, -0.1) is 24.2 Å². The first-order valence-electron chi connectivity index (χ1n) is 9.45. The van der Waals surface area contributed by atoms with E-state index in [0.29, 0.717) is 13.0 Å². The standard InChI is InChI=1S/C22H27N3OS2.ClH/c1-16-14-17(2)21-19(15-16)23-22(28-21)25(12-11-24(3)4)20(26)10-13-27-18-8-6-5-7-9-18;/h5-9,14-15H,10-13H2,1-4H3;1H. The van der Waals surface area contributed by atoms with E-state index < -0.39 is 0 Å². The van der Waals surface area contributed by atoms with Gasteiger partial charge in [0.15, 0.2) is 5.13 Å². The Morgan fingerprint density at radius 1 is 1.10 bits per heavy atom. The van der Waals surface area contributed by atoms with Gasteiger partial charge >= 0.3 is 0 Å². The van der Waals surface area contributed by atoms with Gasteiger partial charge in [-0.05, 0) is 57.3 Å². The zero-order valence-corrected chi connectivity index (χ0v) is 19.8. The number of hydrogen-bond acceptors (Lipinski definition) is 5. The van der Waals surface area contributed by atoms with Gasteiger partial charge in [0.05, 0.1) is 10.2 Å². The first-order chi connectivity index (χ1) is 13.4. The lowest BCUT2D eigenvalue weighted by Crippen LogP contribution is -2.36. The Hall–Kier alpha value is -1.60. The van der Waals surface area contributed by atoms with Crippen molar-refractivity contribution in [3.05, 3.63) is 53.6 Å². The van der Waals surface area contributed by atoms with Crippen LogP contribution in [-0.4, -0.2) is 48.7 Å². The molecule has 0 spiro atoms. The van der Waals surface area contributed by atoms with Crippen LogP contribution >= 0.6 is 35.5 Å². The molecule has 3 aromatic rings. The smallest absolute Gasteiger partial charge is 0.229 e. The molecule has 1 aromatic heterocycles. The fourth-order valence-corrected chi connectivity index (χ4v) is 4.94. The van der Waals surface area contributed by atoms with E-state index in [9.17, 15) is 4.79 Å². The van der Waals surface area contributed by atoms with E-state index in [2.05, 4.69) is 43.0 Å². The van der Waals surface area contributed by atoms with Crippen LogP contribution in [0.25, 0.3) is 10.2 Å². The summed E-state index contributed by atoms with van der Waals surface area (Å²) in [6, 6.07) is 14.5. The molecule has 0 aliphatic rings. The van der Waals surface area contributed by atoms with Gasteiger partial charge in [0, 0.05) is 30.2 Å². The van der Waals surface area contributed by atoms with Gasteiger partial charge in [-0.2, -0.15) is 0 Å². The molecule has 0 bridgehead atoms. The zero-order valence-electron chi connectivity index (χ0n) is 17.3. The van der Waals surface area contributed by atoms with Gasteiger partial charge in [0.2, 0.25) is 5.91 Å². The van der Waals surface area contributed by atoms with Crippen LogP contribution < -0.4 is 4.90 Å². The SMILES string of the molecule is Cc1cc(C)c2sc(N(CCN(C)C)C(=O)CCSc3ccccc3)nc2c1.Cl. The maximum absolute atomic E-state index is 13.0. The fourth-order valence-electron chi connectivity index (χ4n) is 3.02. The number of amides is 1. The number of aromatic nitrogens is 1. The molecule has 1 amide bonds. The lowest BCUT2D eigenvalue weighted by atomic mass is 10.1. The topological polar surface area (TPSA) is 36.4 Å². The van der Waals surface area contributed by atoms with Crippen molar-refractivity contribution in [2.75, 3.05) is 37.8 Å². The number of benzene rings is 2. The highest BCUT2D eigenvalue weighted by Gasteiger charge is 2.20. The van der Waals surface area contributed by atoms with Gasteiger partial charge in [-0.3, -0.25) is 9.69 Å². The van der Waals surface area contributed by atoms with Crippen LogP contribution in [0, 0.1) is 13.8 Å². The second kappa shape index (κ2) is 11.0. The third-order valence-corrected chi connectivity index (χ3v) is 6.68. The second-order valence-electron chi connectivity index (χ2n) is 7.19. The molecule has 0 N–H and O–H groups in total. The van der Waals surface area contributed by atoms with Gasteiger partial charge < -0.3 is 4.90 Å². The van der Waals surface area contributed by atoms with E-state index in [4.69, 9.17) is 4.98 Å². The summed E-state index contributed by atoms with van der Waals surface area (Å²) in [7, 11) is 4.06. The number of thiazole rings is 1. The number of aryl methyl sites for hydroxylation is 2. The first-order valence-corrected chi connectivity index (χ1v) is 11.2. The maximum Gasteiger partial charge on any atom is 0.229 e. The molecule has 2 aromatic carbocycles. The summed E-state index contributed by atoms with van der Waals surface area (Å²) in [4.78, 5) is 23.0. The highest BCUT2D eigenvalue weighted by Crippen LogP contribution is 2.32. The van der Waals surface area contributed by atoms with E-state index in [1.54, 1.807) is 23.1 Å². The molecular weight excluding hydrogens is 422 g/mol. The normalized spacial score (nSPS) is 10.9. The molecule has 156 valence electrons. The number of carbonyl (C=O) groups excluding carboxylic acids is 1. The van der Waals surface area contributed by atoms with Gasteiger partial charge in [-0.25, -0.2) is 4.98 Å². The number of likely N-dealkylation sites (N-methyl/N-ethyl adjacent to an activating group) is 1. The predicted molar refractivity (Wildman–Crippen MR) is 129 cm³/mol. The lowest BCUT2D eigenvalue weighted by Gasteiger charge is -2.22. The minimum atomic E-state index is 0. The number of hydrogen-bond donors (Lipinski definition) is 0. The minimum Gasteiger partial charge on any atom is -0.308 e. The third-order valence-electron chi connectivity index (χ3n) is 4.44. The average molecular weight is 450 g/mol. The summed E-state index contributed by atoms with van der Waals surface area (Å²) in [6.45, 7) is 5.66. The number of thioether (sulfide) groups is 1. The van der Waals surface area contributed by atoms with Crippen LogP contribution in [0.4, 0.5) is 5.13 Å². The number of anilines is 1. The lowest BCUT2D eigenvalue weighted by molar-refractivity contribution is -0.118. The van der Waals surface area contributed by atoms with Crippen LogP contribution in [0.5, 0.6) is 0 Å². The molecule has 4 nitrogen and oxygen atoms in total. The van der Waals surface area contributed by atoms with Crippen molar-refractivity contribution in [2.45, 2.75) is 25.2 Å². The summed E-state index contributed by atoms with van der Waals surface area (Å²) >= 11 is 3.34. The molecular formula is C22H28ClN3OS2. The largest absolute Gasteiger partial charge is 0.308 e. The van der Waals surface area contributed by atoms with Crippen LogP contribution in [0.15, 0.2) is 47.4 Å². The quantitative estimate of drug-likeness (QED) is 0.430. The molecule has 29 heavy (non-hydrogen) atoms. The summed E-state index contributed by atoms with van der Waals surface area (Å²) in [5.41, 5.74) is 3.41. The van der Waals surface area contributed by atoms with Crippen LogP contribution in [0.2, 0.25) is 0 Å². The average Bonchev–Trinajstić information content (AvgIpc) is 3.06. The molecule has 0 unspecified atom stereocenters. The Bertz CT molecular complexity index is 944. The van der Waals surface area contributed by atoms with Crippen molar-refractivity contribution >= 4 is 56.8 Å². The Balaban J connectivity index is 0.00000300. The third kappa shape index (κ3) is 6.44. The summed E-state index contributed by atoms with van der Waals surface area (Å²) in [6.07, 6.45) is 0.501. The minimum absolute atomic E-state index is 0. The zero-order chi connectivity index (χ0) is 20.1. The Labute approximate surface area is 187 Å². The van der Waals surface area contributed by atoms with E-state index in [-0.39, 0.29) is 18.3 Å². The molecule has 1 heterocycles. The number of fused-ring (bicyclic) bond motifs is 1. The van der Waals surface area contributed by atoms with Gasteiger partial charge in [-0.1, -0.05) is 35.6 Å². The fraction of sp³-hybridized carbons (Fsp3) is 0.364. The summed E-state index contributed by atoms with van der Waals surface area (Å²) in [5.74, 6) is 0.906. The molecule has 0 fully saturated rings. The van der Waals surface area contributed by atoms with Crippen molar-refractivity contribution in [3.8, 4) is 0 Å². The van der Waals surface area contributed by atoms with Gasteiger partial charge in [0.1, 0.15) is 0 Å².